The minimum absolute atomic E-state index is 0.118. The average Bonchev–Trinajstić information content (AvgIpc) is 2.16. The zero-order chi connectivity index (χ0) is 6.91. The van der Waals surface area contributed by atoms with E-state index in [-0.39, 0.29) is 6.04 Å². The number of hydrogen-bond donors (Lipinski definition) is 1. The summed E-state index contributed by atoms with van der Waals surface area (Å²) in [7, 11) is 0. The van der Waals surface area contributed by atoms with Crippen molar-refractivity contribution in [3.63, 3.8) is 0 Å². The van der Waals surface area contributed by atoms with Crippen LogP contribution in [0.25, 0.3) is 0 Å². The summed E-state index contributed by atoms with van der Waals surface area (Å²) in [5.74, 6) is -0.639. The third-order valence-corrected chi connectivity index (χ3v) is 1.49. The van der Waals surface area contributed by atoms with Crippen molar-refractivity contribution in [3.05, 3.63) is 12.5 Å². The third-order valence-electron chi connectivity index (χ3n) is 1.49. The standard InChI is InChI=1S/C6H11NO2/c1-5(7)6(2)8-3-4-9-6/h3-5H,7H2,1-2H3. The maximum absolute atomic E-state index is 5.54. The van der Waals surface area contributed by atoms with E-state index >= 15 is 0 Å². The molecule has 1 aliphatic heterocycles. The number of rotatable bonds is 1. The lowest BCUT2D eigenvalue weighted by molar-refractivity contribution is -0.138. The highest BCUT2D eigenvalue weighted by Gasteiger charge is 2.33. The summed E-state index contributed by atoms with van der Waals surface area (Å²) in [5, 5.41) is 0. The second kappa shape index (κ2) is 1.92. The summed E-state index contributed by atoms with van der Waals surface area (Å²) in [4.78, 5) is 0. The summed E-state index contributed by atoms with van der Waals surface area (Å²) in [6, 6.07) is -0.118. The number of hydrogen-bond acceptors (Lipinski definition) is 3. The second-order valence-corrected chi connectivity index (χ2v) is 2.31. The third kappa shape index (κ3) is 1.00. The van der Waals surface area contributed by atoms with Gasteiger partial charge in [0.15, 0.2) is 0 Å². The van der Waals surface area contributed by atoms with Crippen LogP contribution in [-0.4, -0.2) is 11.8 Å². The summed E-state index contributed by atoms with van der Waals surface area (Å²) in [6.07, 6.45) is 3.01. The van der Waals surface area contributed by atoms with Crippen LogP contribution in [-0.2, 0) is 9.47 Å². The first-order valence-electron chi connectivity index (χ1n) is 2.91. The Morgan fingerprint density at radius 2 is 1.89 bits per heavy atom. The predicted molar refractivity (Wildman–Crippen MR) is 33.4 cm³/mol. The fraction of sp³-hybridized carbons (Fsp3) is 0.667. The van der Waals surface area contributed by atoms with E-state index < -0.39 is 5.79 Å². The van der Waals surface area contributed by atoms with Gasteiger partial charge >= 0.3 is 0 Å². The molecule has 3 nitrogen and oxygen atoms in total. The van der Waals surface area contributed by atoms with Crippen molar-refractivity contribution in [2.24, 2.45) is 5.73 Å². The molecule has 3 heteroatoms. The van der Waals surface area contributed by atoms with Crippen LogP contribution in [0.3, 0.4) is 0 Å². The molecule has 1 unspecified atom stereocenters. The monoisotopic (exact) mass is 129 g/mol. The van der Waals surface area contributed by atoms with Crippen molar-refractivity contribution in [2.45, 2.75) is 25.7 Å². The summed E-state index contributed by atoms with van der Waals surface area (Å²) >= 11 is 0. The van der Waals surface area contributed by atoms with Crippen molar-refractivity contribution < 1.29 is 9.47 Å². The van der Waals surface area contributed by atoms with E-state index in [9.17, 15) is 0 Å². The molecule has 1 rings (SSSR count). The van der Waals surface area contributed by atoms with Gasteiger partial charge in [-0.25, -0.2) is 0 Å². The van der Waals surface area contributed by atoms with Crippen LogP contribution in [0.5, 0.6) is 0 Å². The van der Waals surface area contributed by atoms with Crippen LogP contribution < -0.4 is 5.73 Å². The van der Waals surface area contributed by atoms with Crippen molar-refractivity contribution in [1.29, 1.82) is 0 Å². The molecule has 0 saturated heterocycles. The molecule has 0 aromatic heterocycles. The molecule has 1 aliphatic rings. The smallest absolute Gasteiger partial charge is 0.261 e. The van der Waals surface area contributed by atoms with Crippen molar-refractivity contribution in [1.82, 2.24) is 0 Å². The van der Waals surface area contributed by atoms with Crippen molar-refractivity contribution in [2.75, 3.05) is 0 Å². The van der Waals surface area contributed by atoms with Crippen LogP contribution in [0.4, 0.5) is 0 Å². The number of ether oxygens (including phenoxy) is 2. The first kappa shape index (κ1) is 6.42. The molecule has 52 valence electrons. The van der Waals surface area contributed by atoms with Gasteiger partial charge in [0.2, 0.25) is 0 Å². The Kier molecular flexibility index (Phi) is 1.37. The molecule has 0 aliphatic carbocycles. The quantitative estimate of drug-likeness (QED) is 0.562. The van der Waals surface area contributed by atoms with E-state index in [4.69, 9.17) is 15.2 Å². The fourth-order valence-electron chi connectivity index (χ4n) is 0.568. The Morgan fingerprint density at radius 1 is 1.44 bits per heavy atom. The molecule has 9 heavy (non-hydrogen) atoms. The van der Waals surface area contributed by atoms with Gasteiger partial charge in [-0.15, -0.1) is 0 Å². The van der Waals surface area contributed by atoms with E-state index in [0.717, 1.165) is 0 Å². The second-order valence-electron chi connectivity index (χ2n) is 2.31. The summed E-state index contributed by atoms with van der Waals surface area (Å²) in [6.45, 7) is 3.64. The molecule has 1 heterocycles. The van der Waals surface area contributed by atoms with Crippen molar-refractivity contribution in [3.8, 4) is 0 Å². The normalized spacial score (nSPS) is 24.8. The van der Waals surface area contributed by atoms with Gasteiger partial charge in [0, 0.05) is 6.92 Å². The zero-order valence-electron chi connectivity index (χ0n) is 5.63. The molecule has 0 saturated carbocycles. The highest BCUT2D eigenvalue weighted by Crippen LogP contribution is 2.21. The van der Waals surface area contributed by atoms with Gasteiger partial charge in [-0.05, 0) is 6.92 Å². The van der Waals surface area contributed by atoms with Gasteiger partial charge in [0.25, 0.3) is 5.79 Å². The van der Waals surface area contributed by atoms with Gasteiger partial charge in [-0.1, -0.05) is 0 Å². The fourth-order valence-corrected chi connectivity index (χ4v) is 0.568. The van der Waals surface area contributed by atoms with E-state index in [1.807, 2.05) is 6.92 Å². The topological polar surface area (TPSA) is 44.5 Å². The van der Waals surface area contributed by atoms with Gasteiger partial charge in [0.1, 0.15) is 12.5 Å². The molecule has 0 aromatic rings. The molecule has 0 aromatic carbocycles. The van der Waals surface area contributed by atoms with Gasteiger partial charge in [-0.2, -0.15) is 0 Å². The zero-order valence-corrected chi connectivity index (χ0v) is 5.63. The number of nitrogens with two attached hydrogens (primary N) is 1. The summed E-state index contributed by atoms with van der Waals surface area (Å²) in [5.41, 5.74) is 5.54. The van der Waals surface area contributed by atoms with Crippen molar-refractivity contribution >= 4 is 0 Å². The SMILES string of the molecule is CC(N)C1(C)OC=CO1. The molecule has 0 radical (unpaired) electrons. The minimum Gasteiger partial charge on any atom is -0.456 e. The Hall–Kier alpha value is -0.700. The lowest BCUT2D eigenvalue weighted by Gasteiger charge is -2.26. The maximum Gasteiger partial charge on any atom is 0.261 e. The lowest BCUT2D eigenvalue weighted by Crippen LogP contribution is -2.44. The first-order valence-corrected chi connectivity index (χ1v) is 2.91. The van der Waals surface area contributed by atoms with Crippen LogP contribution in [0.15, 0.2) is 12.5 Å². The predicted octanol–water partition coefficient (Wildman–Crippen LogP) is 0.568. The average molecular weight is 129 g/mol. The van der Waals surface area contributed by atoms with E-state index in [0.29, 0.717) is 0 Å². The van der Waals surface area contributed by atoms with E-state index in [1.165, 1.54) is 12.5 Å². The van der Waals surface area contributed by atoms with E-state index in [1.54, 1.807) is 6.92 Å². The molecular weight excluding hydrogens is 118 g/mol. The highest BCUT2D eigenvalue weighted by molar-refractivity contribution is 4.85. The molecule has 0 bridgehead atoms. The molecule has 0 spiro atoms. The van der Waals surface area contributed by atoms with Crippen LogP contribution >= 0.6 is 0 Å². The Balaban J connectivity index is 2.55. The highest BCUT2D eigenvalue weighted by atomic mass is 16.7. The maximum atomic E-state index is 5.54. The van der Waals surface area contributed by atoms with Gasteiger partial charge in [0.05, 0.1) is 6.04 Å². The van der Waals surface area contributed by atoms with Gasteiger partial charge < -0.3 is 15.2 Å². The van der Waals surface area contributed by atoms with Crippen LogP contribution in [0.2, 0.25) is 0 Å². The molecule has 2 N–H and O–H groups in total. The molecular formula is C6H11NO2. The van der Waals surface area contributed by atoms with Crippen LogP contribution in [0, 0.1) is 0 Å². The molecule has 1 atom stereocenters. The Labute approximate surface area is 54.4 Å². The summed E-state index contributed by atoms with van der Waals surface area (Å²) < 4.78 is 10.1. The minimum atomic E-state index is -0.639. The van der Waals surface area contributed by atoms with E-state index in [2.05, 4.69) is 0 Å². The molecule has 0 amide bonds. The molecule has 0 fully saturated rings. The lowest BCUT2D eigenvalue weighted by atomic mass is 10.2. The van der Waals surface area contributed by atoms with Crippen LogP contribution in [0.1, 0.15) is 13.8 Å². The van der Waals surface area contributed by atoms with Gasteiger partial charge in [-0.3, -0.25) is 0 Å². The Morgan fingerprint density at radius 3 is 2.11 bits per heavy atom. The Bertz CT molecular complexity index is 123. The first-order chi connectivity index (χ1) is 4.15. The largest absolute Gasteiger partial charge is 0.456 e.